The molecule has 1 heterocycles. The molecule has 2 aromatic carbocycles. The number of halogens is 4. The Morgan fingerprint density at radius 3 is 2.57 bits per heavy atom. The van der Waals surface area contributed by atoms with E-state index in [2.05, 4.69) is 4.98 Å². The third kappa shape index (κ3) is 5.33. The maximum absolute atomic E-state index is 13.5. The van der Waals surface area contributed by atoms with Gasteiger partial charge in [-0.1, -0.05) is 34.5 Å². The molecule has 1 aromatic heterocycles. The molecular weight excluding hydrogens is 444 g/mol. The number of thiazole rings is 1. The van der Waals surface area contributed by atoms with Crippen LogP contribution in [0, 0.1) is 5.82 Å². The molecular formula is C19H19Cl3FN3OS. The molecule has 0 saturated carbocycles. The average Bonchev–Trinajstić information content (AvgIpc) is 3.00. The van der Waals surface area contributed by atoms with Crippen molar-refractivity contribution in [2.75, 3.05) is 32.1 Å². The monoisotopic (exact) mass is 461 g/mol. The lowest BCUT2D eigenvalue weighted by Gasteiger charge is -2.21. The van der Waals surface area contributed by atoms with Crippen LogP contribution in [0.3, 0.4) is 0 Å². The number of nitrogens with zero attached hydrogens (tertiary/aromatic N) is 3. The Balaban J connectivity index is 0.00000280. The molecule has 3 rings (SSSR count). The van der Waals surface area contributed by atoms with Crippen molar-refractivity contribution in [3.63, 3.8) is 0 Å². The number of hydrogen-bond donors (Lipinski definition) is 0. The van der Waals surface area contributed by atoms with Crippen molar-refractivity contribution in [3.05, 3.63) is 57.8 Å². The molecule has 0 aliphatic heterocycles. The van der Waals surface area contributed by atoms with Crippen molar-refractivity contribution in [2.24, 2.45) is 0 Å². The molecule has 0 spiro atoms. The molecule has 0 atom stereocenters. The largest absolute Gasteiger partial charge is 0.309 e. The van der Waals surface area contributed by atoms with Crippen molar-refractivity contribution in [1.82, 2.24) is 9.88 Å². The van der Waals surface area contributed by atoms with Gasteiger partial charge < -0.3 is 4.90 Å². The van der Waals surface area contributed by atoms with E-state index < -0.39 is 0 Å². The molecule has 150 valence electrons. The molecule has 1 amide bonds. The van der Waals surface area contributed by atoms with E-state index in [1.165, 1.54) is 23.5 Å². The Bertz CT molecular complexity index is 980. The van der Waals surface area contributed by atoms with Crippen LogP contribution in [0.2, 0.25) is 10.0 Å². The number of rotatable bonds is 6. The van der Waals surface area contributed by atoms with Crippen molar-refractivity contribution in [3.8, 4) is 0 Å². The molecule has 4 nitrogen and oxygen atoms in total. The van der Waals surface area contributed by atoms with E-state index in [4.69, 9.17) is 23.2 Å². The number of carbonyl (C=O) groups excluding carboxylic acids is 1. The van der Waals surface area contributed by atoms with Crippen LogP contribution >= 0.6 is 46.9 Å². The molecule has 9 heteroatoms. The summed E-state index contributed by atoms with van der Waals surface area (Å²) in [5, 5.41) is 1.27. The quantitative estimate of drug-likeness (QED) is 0.467. The molecule has 0 bridgehead atoms. The minimum absolute atomic E-state index is 0. The van der Waals surface area contributed by atoms with Crippen molar-refractivity contribution in [1.29, 1.82) is 0 Å². The highest BCUT2D eigenvalue weighted by Crippen LogP contribution is 2.31. The standard InChI is InChI=1S/C19H18Cl2FN3OS.ClH/c1-24(2)8-3-9-25(18(26)14-6-4-12(20)10-15(14)21)19-23-16-7-5-13(22)11-17(16)27-19;/h4-7,10-11H,3,8-9H2,1-2H3;1H. The fourth-order valence-corrected chi connectivity index (χ4v) is 4.14. The lowest BCUT2D eigenvalue weighted by molar-refractivity contribution is 0.0986. The zero-order chi connectivity index (χ0) is 19.6. The highest BCUT2D eigenvalue weighted by atomic mass is 35.5. The summed E-state index contributed by atoms with van der Waals surface area (Å²) >= 11 is 13.5. The summed E-state index contributed by atoms with van der Waals surface area (Å²) in [6.07, 6.45) is 0.758. The van der Waals surface area contributed by atoms with Gasteiger partial charge in [0.15, 0.2) is 5.13 Å². The fraction of sp³-hybridized carbons (Fsp3) is 0.263. The van der Waals surface area contributed by atoms with E-state index in [9.17, 15) is 9.18 Å². The smallest absolute Gasteiger partial charge is 0.261 e. The second-order valence-corrected chi connectivity index (χ2v) is 8.20. The summed E-state index contributed by atoms with van der Waals surface area (Å²) in [4.78, 5) is 21.3. The number of benzene rings is 2. The Morgan fingerprint density at radius 2 is 1.89 bits per heavy atom. The zero-order valence-corrected chi connectivity index (χ0v) is 18.4. The van der Waals surface area contributed by atoms with Gasteiger partial charge in [0, 0.05) is 11.6 Å². The summed E-state index contributed by atoms with van der Waals surface area (Å²) in [6.45, 7) is 1.29. The number of hydrogen-bond acceptors (Lipinski definition) is 4. The van der Waals surface area contributed by atoms with Crippen molar-refractivity contribution < 1.29 is 9.18 Å². The molecule has 3 aromatic rings. The minimum Gasteiger partial charge on any atom is -0.309 e. The summed E-state index contributed by atoms with van der Waals surface area (Å²) in [6, 6.07) is 9.18. The Labute approximate surface area is 183 Å². The number of anilines is 1. The predicted octanol–water partition coefficient (Wildman–Crippen LogP) is 5.76. The summed E-state index contributed by atoms with van der Waals surface area (Å²) < 4.78 is 14.2. The van der Waals surface area contributed by atoms with Crippen molar-refractivity contribution in [2.45, 2.75) is 6.42 Å². The van der Waals surface area contributed by atoms with Crippen LogP contribution in [0.1, 0.15) is 16.8 Å². The molecule has 0 radical (unpaired) electrons. The molecule has 0 fully saturated rings. The highest BCUT2D eigenvalue weighted by Gasteiger charge is 2.23. The van der Waals surface area contributed by atoms with Crippen molar-refractivity contribution >= 4 is 68.2 Å². The zero-order valence-electron chi connectivity index (χ0n) is 15.3. The lowest BCUT2D eigenvalue weighted by atomic mass is 10.2. The van der Waals surface area contributed by atoms with E-state index in [-0.39, 0.29) is 29.2 Å². The minimum atomic E-state index is -0.330. The maximum atomic E-state index is 13.5. The van der Waals surface area contributed by atoms with E-state index in [1.807, 2.05) is 19.0 Å². The molecule has 0 N–H and O–H groups in total. The third-order valence-electron chi connectivity index (χ3n) is 3.96. The fourth-order valence-electron chi connectivity index (χ4n) is 2.64. The number of amides is 1. The summed E-state index contributed by atoms with van der Waals surface area (Å²) in [5.74, 6) is -0.584. The normalized spacial score (nSPS) is 10.9. The Morgan fingerprint density at radius 1 is 1.14 bits per heavy atom. The van der Waals surface area contributed by atoms with Gasteiger partial charge in [0.05, 0.1) is 20.8 Å². The first-order chi connectivity index (χ1) is 12.8. The van der Waals surface area contributed by atoms with Gasteiger partial charge in [0.1, 0.15) is 5.82 Å². The van der Waals surface area contributed by atoms with E-state index >= 15 is 0 Å². The van der Waals surface area contributed by atoms with Crippen LogP contribution in [-0.4, -0.2) is 43.0 Å². The van der Waals surface area contributed by atoms with E-state index in [1.54, 1.807) is 29.2 Å². The first kappa shape index (κ1) is 22.8. The maximum Gasteiger partial charge on any atom is 0.261 e. The van der Waals surface area contributed by atoms with E-state index in [0.29, 0.717) is 32.5 Å². The lowest BCUT2D eigenvalue weighted by Crippen LogP contribution is -2.33. The number of fused-ring (bicyclic) bond motifs is 1. The van der Waals surface area contributed by atoms with Gasteiger partial charge in [-0.25, -0.2) is 9.37 Å². The van der Waals surface area contributed by atoms with Crippen LogP contribution < -0.4 is 4.90 Å². The van der Waals surface area contributed by atoms with Gasteiger partial charge >= 0.3 is 0 Å². The first-order valence-electron chi connectivity index (χ1n) is 8.33. The van der Waals surface area contributed by atoms with Crippen LogP contribution in [0.15, 0.2) is 36.4 Å². The molecule has 0 unspecified atom stereocenters. The SMILES string of the molecule is CN(C)CCCN(C(=O)c1ccc(Cl)cc1Cl)c1nc2ccc(F)cc2s1.Cl. The molecule has 0 saturated heterocycles. The second-order valence-electron chi connectivity index (χ2n) is 6.35. The van der Waals surface area contributed by atoms with Gasteiger partial charge in [0.2, 0.25) is 0 Å². The number of aromatic nitrogens is 1. The third-order valence-corrected chi connectivity index (χ3v) is 5.55. The van der Waals surface area contributed by atoms with E-state index in [0.717, 1.165) is 13.0 Å². The summed E-state index contributed by atoms with van der Waals surface area (Å²) in [7, 11) is 3.95. The van der Waals surface area contributed by atoms with Gasteiger partial charge in [-0.2, -0.15) is 0 Å². The molecule has 0 aliphatic carbocycles. The highest BCUT2D eigenvalue weighted by molar-refractivity contribution is 7.22. The Hall–Kier alpha value is -1.44. The average molecular weight is 463 g/mol. The van der Waals surface area contributed by atoms with Gasteiger partial charge in [-0.15, -0.1) is 12.4 Å². The molecule has 0 aliphatic rings. The van der Waals surface area contributed by atoms with Crippen LogP contribution in [-0.2, 0) is 0 Å². The van der Waals surface area contributed by atoms with Crippen LogP contribution in [0.25, 0.3) is 10.2 Å². The molecule has 28 heavy (non-hydrogen) atoms. The topological polar surface area (TPSA) is 36.4 Å². The van der Waals surface area contributed by atoms with Gasteiger partial charge in [0.25, 0.3) is 5.91 Å². The van der Waals surface area contributed by atoms with Gasteiger partial charge in [-0.3, -0.25) is 9.69 Å². The first-order valence-corrected chi connectivity index (χ1v) is 9.90. The van der Waals surface area contributed by atoms with Gasteiger partial charge in [-0.05, 0) is 63.5 Å². The van der Waals surface area contributed by atoms with Crippen LogP contribution in [0.5, 0.6) is 0 Å². The Kier molecular flexibility index (Phi) is 8.04. The number of carbonyl (C=O) groups is 1. The predicted molar refractivity (Wildman–Crippen MR) is 118 cm³/mol. The van der Waals surface area contributed by atoms with Crippen LogP contribution in [0.4, 0.5) is 9.52 Å². The second kappa shape index (κ2) is 9.85. The summed E-state index contributed by atoms with van der Waals surface area (Å²) in [5.41, 5.74) is 1.01.